The minimum Gasteiger partial charge on any atom is -0.372 e. The van der Waals surface area contributed by atoms with Gasteiger partial charge in [0, 0.05) is 20.1 Å². The third-order valence-corrected chi connectivity index (χ3v) is 4.50. The van der Waals surface area contributed by atoms with Gasteiger partial charge in [0.15, 0.2) is 5.65 Å². The molecule has 2 aromatic rings. The van der Waals surface area contributed by atoms with Crippen molar-refractivity contribution >= 4 is 16.9 Å². The molecule has 0 bridgehead atoms. The van der Waals surface area contributed by atoms with E-state index in [1.165, 1.54) is 12.8 Å². The number of nitrogens with one attached hydrogen (secondary N) is 1. The van der Waals surface area contributed by atoms with Crippen LogP contribution in [0.4, 0.5) is 5.82 Å². The third kappa shape index (κ3) is 2.72. The van der Waals surface area contributed by atoms with E-state index in [4.69, 9.17) is 4.98 Å². The van der Waals surface area contributed by atoms with Gasteiger partial charge >= 0.3 is 0 Å². The van der Waals surface area contributed by atoms with Gasteiger partial charge in [0.1, 0.15) is 11.6 Å². The van der Waals surface area contributed by atoms with Crippen LogP contribution in [-0.2, 0) is 13.6 Å². The first-order valence-electron chi connectivity index (χ1n) is 7.69. The Morgan fingerprint density at radius 1 is 1.33 bits per heavy atom. The molecule has 21 heavy (non-hydrogen) atoms. The molecule has 1 saturated heterocycles. The van der Waals surface area contributed by atoms with Crippen molar-refractivity contribution in [3.05, 3.63) is 12.0 Å². The zero-order chi connectivity index (χ0) is 15.0. The first-order chi connectivity index (χ1) is 10.1. The molecule has 6 nitrogen and oxygen atoms in total. The van der Waals surface area contributed by atoms with Gasteiger partial charge in [-0.3, -0.25) is 9.58 Å². The van der Waals surface area contributed by atoms with Gasteiger partial charge in [0.05, 0.1) is 18.1 Å². The highest BCUT2D eigenvalue weighted by Crippen LogP contribution is 2.24. The molecule has 0 radical (unpaired) electrons. The number of aryl methyl sites for hydroxylation is 1. The quantitative estimate of drug-likeness (QED) is 0.936. The number of piperidine rings is 1. The minimum atomic E-state index is 0.595. The van der Waals surface area contributed by atoms with Crippen molar-refractivity contribution in [3.8, 4) is 0 Å². The lowest BCUT2D eigenvalue weighted by atomic mass is 9.93. The Morgan fingerprint density at radius 3 is 2.86 bits per heavy atom. The van der Waals surface area contributed by atoms with Gasteiger partial charge in [-0.15, -0.1) is 0 Å². The van der Waals surface area contributed by atoms with Crippen molar-refractivity contribution in [2.75, 3.05) is 18.9 Å². The molecule has 1 N–H and O–H groups in total. The van der Waals surface area contributed by atoms with Crippen molar-refractivity contribution in [1.82, 2.24) is 24.6 Å². The standard InChI is InChI=1S/C15H24N6/c1-10-5-6-21(11(2)7-10)9-13-18-14(16-3)12-8-17-20(4)15(12)19-13/h8,10-11H,5-7,9H2,1-4H3,(H,16,18,19). The molecule has 2 aromatic heterocycles. The fourth-order valence-corrected chi connectivity index (χ4v) is 3.20. The second-order valence-corrected chi connectivity index (χ2v) is 6.19. The Morgan fingerprint density at radius 2 is 2.14 bits per heavy atom. The van der Waals surface area contributed by atoms with E-state index < -0.39 is 0 Å². The number of nitrogens with zero attached hydrogens (tertiary/aromatic N) is 5. The summed E-state index contributed by atoms with van der Waals surface area (Å²) in [5.74, 6) is 2.56. The molecule has 3 rings (SSSR count). The molecule has 0 aliphatic carbocycles. The van der Waals surface area contributed by atoms with E-state index in [2.05, 4.69) is 34.1 Å². The summed E-state index contributed by atoms with van der Waals surface area (Å²) < 4.78 is 1.81. The highest BCUT2D eigenvalue weighted by Gasteiger charge is 2.24. The van der Waals surface area contributed by atoms with Gasteiger partial charge in [0.25, 0.3) is 0 Å². The Kier molecular flexibility index (Phi) is 3.80. The Labute approximate surface area is 125 Å². The molecule has 1 aliphatic rings. The maximum absolute atomic E-state index is 4.70. The summed E-state index contributed by atoms with van der Waals surface area (Å²) in [5, 5.41) is 8.41. The van der Waals surface area contributed by atoms with Crippen LogP contribution >= 0.6 is 0 Å². The van der Waals surface area contributed by atoms with Crippen molar-refractivity contribution < 1.29 is 0 Å². The first kappa shape index (κ1) is 14.3. The molecule has 1 aliphatic heterocycles. The van der Waals surface area contributed by atoms with Gasteiger partial charge in [-0.1, -0.05) is 6.92 Å². The number of fused-ring (bicyclic) bond motifs is 1. The molecule has 1 fully saturated rings. The fourth-order valence-electron chi connectivity index (χ4n) is 3.20. The lowest BCUT2D eigenvalue weighted by Gasteiger charge is -2.35. The van der Waals surface area contributed by atoms with E-state index >= 15 is 0 Å². The van der Waals surface area contributed by atoms with Gasteiger partial charge in [-0.05, 0) is 32.2 Å². The van der Waals surface area contributed by atoms with Crippen LogP contribution in [0.15, 0.2) is 6.20 Å². The summed E-state index contributed by atoms with van der Waals surface area (Å²) in [4.78, 5) is 11.8. The molecule has 114 valence electrons. The monoisotopic (exact) mass is 288 g/mol. The SMILES string of the molecule is CNc1nc(CN2CCC(C)CC2C)nc2c1cnn2C. The number of anilines is 1. The van der Waals surface area contributed by atoms with Crippen LogP contribution in [0.5, 0.6) is 0 Å². The largest absolute Gasteiger partial charge is 0.372 e. The van der Waals surface area contributed by atoms with E-state index in [0.717, 1.165) is 41.7 Å². The third-order valence-electron chi connectivity index (χ3n) is 4.50. The van der Waals surface area contributed by atoms with Crippen molar-refractivity contribution in [3.63, 3.8) is 0 Å². The molecule has 0 aromatic carbocycles. The highest BCUT2D eigenvalue weighted by atomic mass is 15.3. The van der Waals surface area contributed by atoms with Crippen molar-refractivity contribution in [2.45, 2.75) is 39.3 Å². The molecule has 6 heteroatoms. The number of likely N-dealkylation sites (tertiary alicyclic amines) is 1. The van der Waals surface area contributed by atoms with Crippen molar-refractivity contribution in [1.29, 1.82) is 0 Å². The van der Waals surface area contributed by atoms with Gasteiger partial charge in [0.2, 0.25) is 0 Å². The van der Waals surface area contributed by atoms with E-state index in [9.17, 15) is 0 Å². The lowest BCUT2D eigenvalue weighted by Crippen LogP contribution is -2.40. The molecule has 3 heterocycles. The molecule has 0 saturated carbocycles. The fraction of sp³-hybridized carbons (Fsp3) is 0.667. The Bertz CT molecular complexity index is 634. The topological polar surface area (TPSA) is 58.9 Å². The van der Waals surface area contributed by atoms with Crippen LogP contribution in [0.1, 0.15) is 32.5 Å². The average molecular weight is 288 g/mol. The van der Waals surface area contributed by atoms with Gasteiger partial charge in [-0.25, -0.2) is 9.97 Å². The second kappa shape index (κ2) is 5.60. The minimum absolute atomic E-state index is 0.595. The summed E-state index contributed by atoms with van der Waals surface area (Å²) in [5.41, 5.74) is 0.891. The lowest BCUT2D eigenvalue weighted by molar-refractivity contribution is 0.119. The maximum atomic E-state index is 4.70. The zero-order valence-corrected chi connectivity index (χ0v) is 13.3. The van der Waals surface area contributed by atoms with Crippen LogP contribution < -0.4 is 5.32 Å². The predicted octanol–water partition coefficient (Wildman–Crippen LogP) is 2.03. The number of hydrogen-bond acceptors (Lipinski definition) is 5. The molecular formula is C15H24N6. The molecular weight excluding hydrogens is 264 g/mol. The summed E-state index contributed by atoms with van der Waals surface area (Å²) in [6, 6.07) is 0.595. The number of hydrogen-bond donors (Lipinski definition) is 1. The zero-order valence-electron chi connectivity index (χ0n) is 13.3. The van der Waals surface area contributed by atoms with Crippen LogP contribution in [-0.4, -0.2) is 44.3 Å². The number of rotatable bonds is 3. The Balaban J connectivity index is 1.88. The second-order valence-electron chi connectivity index (χ2n) is 6.19. The summed E-state index contributed by atoms with van der Waals surface area (Å²) in [6.07, 6.45) is 4.33. The summed E-state index contributed by atoms with van der Waals surface area (Å²) >= 11 is 0. The van der Waals surface area contributed by atoms with Crippen LogP contribution in [0.25, 0.3) is 11.0 Å². The Hall–Kier alpha value is -1.69. The van der Waals surface area contributed by atoms with Gasteiger partial charge < -0.3 is 5.32 Å². The van der Waals surface area contributed by atoms with E-state index in [1.54, 1.807) is 0 Å². The van der Waals surface area contributed by atoms with Gasteiger partial charge in [-0.2, -0.15) is 5.10 Å². The van der Waals surface area contributed by atoms with Crippen LogP contribution in [0.2, 0.25) is 0 Å². The maximum Gasteiger partial charge on any atom is 0.163 e. The van der Waals surface area contributed by atoms with E-state index in [1.807, 2.05) is 25.0 Å². The summed E-state index contributed by atoms with van der Waals surface area (Å²) in [6.45, 7) is 6.58. The average Bonchev–Trinajstić information content (AvgIpc) is 2.83. The van der Waals surface area contributed by atoms with Crippen LogP contribution in [0.3, 0.4) is 0 Å². The highest BCUT2D eigenvalue weighted by molar-refractivity contribution is 5.86. The smallest absolute Gasteiger partial charge is 0.163 e. The van der Waals surface area contributed by atoms with Crippen LogP contribution in [0, 0.1) is 5.92 Å². The van der Waals surface area contributed by atoms with E-state index in [0.29, 0.717) is 6.04 Å². The molecule has 2 unspecified atom stereocenters. The first-order valence-corrected chi connectivity index (χ1v) is 7.69. The van der Waals surface area contributed by atoms with Crippen molar-refractivity contribution in [2.24, 2.45) is 13.0 Å². The predicted molar refractivity (Wildman–Crippen MR) is 84.1 cm³/mol. The van der Waals surface area contributed by atoms with E-state index in [-0.39, 0.29) is 0 Å². The molecule has 2 atom stereocenters. The molecule has 0 amide bonds. The normalized spacial score (nSPS) is 23.6. The summed E-state index contributed by atoms with van der Waals surface area (Å²) in [7, 11) is 3.81. The number of aromatic nitrogens is 4. The molecule has 0 spiro atoms.